The maximum absolute atomic E-state index is 12.2. The van der Waals surface area contributed by atoms with Crippen LogP contribution in [-0.2, 0) is 11.2 Å². The summed E-state index contributed by atoms with van der Waals surface area (Å²) in [6.45, 7) is 1.89. The first kappa shape index (κ1) is 18.1. The number of carbonyl (C=O) groups excluding carboxylic acids is 2. The molecule has 0 aliphatic rings. The molecule has 0 bridgehead atoms. The Hall–Kier alpha value is -2.70. The third-order valence-corrected chi connectivity index (χ3v) is 4.67. The van der Waals surface area contributed by atoms with Crippen molar-refractivity contribution in [3.8, 4) is 0 Å². The highest BCUT2D eigenvalue weighted by Gasteiger charge is 2.12. The summed E-state index contributed by atoms with van der Waals surface area (Å²) >= 11 is 7.24. The number of nitrogens with zero attached hydrogens (tertiary/aromatic N) is 1. The molecule has 1 heterocycles. The van der Waals surface area contributed by atoms with Gasteiger partial charge >= 0.3 is 0 Å². The molecule has 0 saturated heterocycles. The fourth-order valence-corrected chi connectivity index (χ4v) is 3.17. The van der Waals surface area contributed by atoms with Crippen LogP contribution in [0.3, 0.4) is 0 Å². The predicted molar refractivity (Wildman–Crippen MR) is 105 cm³/mol. The number of hydrogen-bond acceptors (Lipinski definition) is 4. The molecule has 7 heteroatoms. The Morgan fingerprint density at radius 2 is 1.88 bits per heavy atom. The largest absolute Gasteiger partial charge is 0.325 e. The molecule has 0 radical (unpaired) electrons. The zero-order chi connectivity index (χ0) is 18.5. The average molecular weight is 386 g/mol. The molecule has 26 heavy (non-hydrogen) atoms. The van der Waals surface area contributed by atoms with Crippen LogP contribution in [0, 0.1) is 6.92 Å². The second-order valence-electron chi connectivity index (χ2n) is 5.65. The van der Waals surface area contributed by atoms with Crippen LogP contribution >= 0.6 is 22.9 Å². The number of nitrogens with one attached hydrogen (secondary N) is 2. The second kappa shape index (κ2) is 8.12. The van der Waals surface area contributed by atoms with E-state index in [4.69, 9.17) is 11.6 Å². The summed E-state index contributed by atoms with van der Waals surface area (Å²) in [5.41, 5.74) is 2.75. The molecule has 0 saturated carbocycles. The molecule has 0 unspecified atom stereocenters. The van der Waals surface area contributed by atoms with Gasteiger partial charge in [0.15, 0.2) is 5.13 Å². The van der Waals surface area contributed by atoms with Gasteiger partial charge in [-0.05, 0) is 36.8 Å². The SMILES string of the molecule is Cc1ccc(Cl)cc1NC(=O)Cc1csc(NC(=O)c2ccccc2)n1. The van der Waals surface area contributed by atoms with Crippen molar-refractivity contribution in [2.24, 2.45) is 0 Å². The van der Waals surface area contributed by atoms with Crippen LogP contribution in [0.15, 0.2) is 53.9 Å². The number of halogens is 1. The van der Waals surface area contributed by atoms with Gasteiger partial charge in [0.2, 0.25) is 5.91 Å². The van der Waals surface area contributed by atoms with Crippen LogP contribution in [0.1, 0.15) is 21.6 Å². The van der Waals surface area contributed by atoms with Crippen molar-refractivity contribution >= 4 is 45.6 Å². The summed E-state index contributed by atoms with van der Waals surface area (Å²) in [4.78, 5) is 28.6. The third kappa shape index (κ3) is 4.68. The number of thiazole rings is 1. The fourth-order valence-electron chi connectivity index (χ4n) is 2.29. The molecule has 1 aromatic heterocycles. The summed E-state index contributed by atoms with van der Waals surface area (Å²) in [5.74, 6) is -0.424. The van der Waals surface area contributed by atoms with E-state index in [1.807, 2.05) is 19.1 Å². The highest BCUT2D eigenvalue weighted by Crippen LogP contribution is 2.21. The first-order valence-electron chi connectivity index (χ1n) is 7.88. The average Bonchev–Trinajstić information content (AvgIpc) is 3.05. The van der Waals surface area contributed by atoms with Crippen LogP contribution in [0.4, 0.5) is 10.8 Å². The molecule has 132 valence electrons. The molecule has 5 nitrogen and oxygen atoms in total. The van der Waals surface area contributed by atoms with Gasteiger partial charge in [-0.25, -0.2) is 4.98 Å². The summed E-state index contributed by atoms with van der Waals surface area (Å²) in [5, 5.41) is 8.34. The smallest absolute Gasteiger partial charge is 0.257 e. The van der Waals surface area contributed by atoms with Gasteiger partial charge in [0.25, 0.3) is 5.91 Å². The van der Waals surface area contributed by atoms with Crippen LogP contribution in [0.25, 0.3) is 0 Å². The molecular formula is C19H16ClN3O2S. The molecule has 0 aliphatic carbocycles. The predicted octanol–water partition coefficient (Wildman–Crippen LogP) is 4.54. The molecule has 0 spiro atoms. The topological polar surface area (TPSA) is 71.1 Å². The van der Waals surface area contributed by atoms with E-state index in [1.54, 1.807) is 41.8 Å². The van der Waals surface area contributed by atoms with Crippen molar-refractivity contribution in [1.82, 2.24) is 4.98 Å². The molecule has 2 amide bonds. The number of benzene rings is 2. The monoisotopic (exact) mass is 385 g/mol. The van der Waals surface area contributed by atoms with E-state index in [2.05, 4.69) is 15.6 Å². The van der Waals surface area contributed by atoms with Crippen molar-refractivity contribution in [3.63, 3.8) is 0 Å². The summed E-state index contributed by atoms with van der Waals surface area (Å²) in [6.07, 6.45) is 0.115. The molecule has 3 rings (SSSR count). The number of anilines is 2. The molecule has 3 aromatic rings. The Balaban J connectivity index is 1.60. The Bertz CT molecular complexity index is 941. The van der Waals surface area contributed by atoms with Crippen molar-refractivity contribution < 1.29 is 9.59 Å². The van der Waals surface area contributed by atoms with Crippen molar-refractivity contribution in [2.45, 2.75) is 13.3 Å². The maximum Gasteiger partial charge on any atom is 0.257 e. The van der Waals surface area contributed by atoms with Crippen molar-refractivity contribution in [3.05, 3.63) is 75.8 Å². The molecule has 0 fully saturated rings. The highest BCUT2D eigenvalue weighted by molar-refractivity contribution is 7.14. The first-order chi connectivity index (χ1) is 12.5. The molecule has 0 aliphatic heterocycles. The zero-order valence-corrected chi connectivity index (χ0v) is 15.5. The van der Waals surface area contributed by atoms with E-state index in [1.165, 1.54) is 11.3 Å². The van der Waals surface area contributed by atoms with Gasteiger partial charge in [0, 0.05) is 21.7 Å². The van der Waals surface area contributed by atoms with E-state index in [9.17, 15) is 9.59 Å². The minimum absolute atomic E-state index is 0.115. The molecule has 0 atom stereocenters. The zero-order valence-electron chi connectivity index (χ0n) is 14.0. The van der Waals surface area contributed by atoms with Gasteiger partial charge in [0.1, 0.15) is 0 Å². The lowest BCUT2D eigenvalue weighted by molar-refractivity contribution is -0.115. The normalized spacial score (nSPS) is 10.4. The van der Waals surface area contributed by atoms with E-state index in [0.717, 1.165) is 5.56 Å². The first-order valence-corrected chi connectivity index (χ1v) is 9.14. The Kier molecular flexibility index (Phi) is 5.65. The number of rotatable bonds is 5. The van der Waals surface area contributed by atoms with E-state index < -0.39 is 0 Å². The fraction of sp³-hybridized carbons (Fsp3) is 0.105. The van der Waals surface area contributed by atoms with Crippen molar-refractivity contribution in [1.29, 1.82) is 0 Å². The van der Waals surface area contributed by atoms with Crippen LogP contribution < -0.4 is 10.6 Å². The number of aryl methyl sites for hydroxylation is 1. The van der Waals surface area contributed by atoms with Crippen LogP contribution in [0.2, 0.25) is 5.02 Å². The molecule has 2 N–H and O–H groups in total. The third-order valence-electron chi connectivity index (χ3n) is 3.62. The number of carbonyl (C=O) groups is 2. The Labute approximate surface area is 160 Å². The van der Waals surface area contributed by atoms with E-state index >= 15 is 0 Å². The van der Waals surface area contributed by atoms with Gasteiger partial charge < -0.3 is 5.32 Å². The van der Waals surface area contributed by atoms with Gasteiger partial charge in [-0.2, -0.15) is 0 Å². The Morgan fingerprint density at radius 1 is 1.12 bits per heavy atom. The summed E-state index contributed by atoms with van der Waals surface area (Å²) in [6, 6.07) is 14.2. The van der Waals surface area contributed by atoms with Gasteiger partial charge in [-0.1, -0.05) is 35.9 Å². The van der Waals surface area contributed by atoms with E-state index in [-0.39, 0.29) is 18.2 Å². The van der Waals surface area contributed by atoms with Crippen LogP contribution in [0.5, 0.6) is 0 Å². The second-order valence-corrected chi connectivity index (χ2v) is 6.94. The van der Waals surface area contributed by atoms with Gasteiger partial charge in [-0.15, -0.1) is 11.3 Å². The lowest BCUT2D eigenvalue weighted by Gasteiger charge is -2.08. The lowest BCUT2D eigenvalue weighted by Crippen LogP contribution is -2.15. The highest BCUT2D eigenvalue weighted by atomic mass is 35.5. The Morgan fingerprint density at radius 3 is 2.65 bits per heavy atom. The summed E-state index contributed by atoms with van der Waals surface area (Å²) < 4.78 is 0. The quantitative estimate of drug-likeness (QED) is 0.677. The lowest BCUT2D eigenvalue weighted by atomic mass is 10.2. The molecule has 2 aromatic carbocycles. The van der Waals surface area contributed by atoms with Gasteiger partial charge in [0.05, 0.1) is 12.1 Å². The standard InChI is InChI=1S/C19H16ClN3O2S/c1-12-7-8-14(20)9-16(12)22-17(24)10-15-11-26-19(21-15)23-18(25)13-5-3-2-4-6-13/h2-9,11H,10H2,1H3,(H,22,24)(H,21,23,25). The minimum Gasteiger partial charge on any atom is -0.325 e. The van der Waals surface area contributed by atoms with Crippen LogP contribution in [-0.4, -0.2) is 16.8 Å². The number of hydrogen-bond donors (Lipinski definition) is 2. The van der Waals surface area contributed by atoms with E-state index in [0.29, 0.717) is 27.1 Å². The summed E-state index contributed by atoms with van der Waals surface area (Å²) in [7, 11) is 0. The van der Waals surface area contributed by atoms with Crippen molar-refractivity contribution in [2.75, 3.05) is 10.6 Å². The number of aromatic nitrogens is 1. The maximum atomic E-state index is 12.2. The molecular weight excluding hydrogens is 370 g/mol. The van der Waals surface area contributed by atoms with Gasteiger partial charge in [-0.3, -0.25) is 14.9 Å². The number of amides is 2. The minimum atomic E-state index is -0.231.